The molecule has 12 heteroatoms. The third kappa shape index (κ3) is 5.56. The molecule has 3 aromatic heterocycles. The summed E-state index contributed by atoms with van der Waals surface area (Å²) in [5.74, 6) is 1.78. The third-order valence-corrected chi connectivity index (χ3v) is 5.19. The topological polar surface area (TPSA) is 110 Å². The second kappa shape index (κ2) is 10.2. The van der Waals surface area contributed by atoms with Crippen LogP contribution in [0, 0.1) is 0 Å². The summed E-state index contributed by atoms with van der Waals surface area (Å²) in [6.07, 6.45) is 4.71. The number of rotatable bonds is 9. The molecular formula is C20H17ClN6O4S. The molecule has 0 unspecified atom stereocenters. The van der Waals surface area contributed by atoms with E-state index in [2.05, 4.69) is 25.1 Å². The summed E-state index contributed by atoms with van der Waals surface area (Å²) in [5.41, 5.74) is 0.237. The van der Waals surface area contributed by atoms with Crippen LogP contribution >= 0.6 is 23.4 Å². The van der Waals surface area contributed by atoms with Crippen molar-refractivity contribution >= 4 is 35.5 Å². The lowest BCUT2D eigenvalue weighted by Gasteiger charge is -2.03. The average molecular weight is 473 g/mol. The molecule has 0 N–H and O–H groups in total. The van der Waals surface area contributed by atoms with Crippen LogP contribution in [0.25, 0.3) is 0 Å². The van der Waals surface area contributed by atoms with E-state index in [4.69, 9.17) is 20.8 Å². The molecule has 0 fully saturated rings. The summed E-state index contributed by atoms with van der Waals surface area (Å²) in [5, 5.41) is 17.6. The summed E-state index contributed by atoms with van der Waals surface area (Å²) in [4.78, 5) is 11.5. The predicted molar refractivity (Wildman–Crippen MR) is 117 cm³/mol. The van der Waals surface area contributed by atoms with Crippen molar-refractivity contribution in [3.63, 3.8) is 0 Å². The standard InChI is InChI=1S/C20H17ClN6O4S/c1-29-19(28)18-7-8-26(25-18)13-32-20-24-22-12-27(20)23-10-16-5-6-17(31-16)11-30-15-4-2-3-14(21)9-15/h2-10,12H,11,13H2,1H3. The van der Waals surface area contributed by atoms with Crippen molar-refractivity contribution in [1.82, 2.24) is 24.7 Å². The van der Waals surface area contributed by atoms with Gasteiger partial charge in [-0.1, -0.05) is 29.4 Å². The summed E-state index contributed by atoms with van der Waals surface area (Å²) in [6.45, 7) is 0.263. The third-order valence-electron chi connectivity index (χ3n) is 4.03. The largest absolute Gasteiger partial charge is 0.486 e. The maximum absolute atomic E-state index is 11.5. The van der Waals surface area contributed by atoms with Gasteiger partial charge in [-0.3, -0.25) is 4.68 Å². The Morgan fingerprint density at radius 2 is 2.22 bits per heavy atom. The number of hydrogen-bond acceptors (Lipinski definition) is 9. The van der Waals surface area contributed by atoms with Crippen molar-refractivity contribution in [1.29, 1.82) is 0 Å². The predicted octanol–water partition coefficient (Wildman–Crippen LogP) is 3.72. The van der Waals surface area contributed by atoms with E-state index in [1.807, 2.05) is 18.2 Å². The lowest BCUT2D eigenvalue weighted by Crippen LogP contribution is -2.04. The van der Waals surface area contributed by atoms with Crippen LogP contribution in [0.4, 0.5) is 0 Å². The second-order valence-electron chi connectivity index (χ2n) is 6.26. The summed E-state index contributed by atoms with van der Waals surface area (Å²) in [7, 11) is 1.31. The zero-order valence-electron chi connectivity index (χ0n) is 16.8. The van der Waals surface area contributed by atoms with E-state index >= 15 is 0 Å². The van der Waals surface area contributed by atoms with Gasteiger partial charge in [-0.25, -0.2) is 4.79 Å². The Kier molecular flexibility index (Phi) is 6.87. The average Bonchev–Trinajstić information content (AvgIpc) is 3.55. The molecule has 4 aromatic rings. The van der Waals surface area contributed by atoms with Crippen molar-refractivity contribution in [3.05, 3.63) is 77.2 Å². The molecule has 10 nitrogen and oxygen atoms in total. The van der Waals surface area contributed by atoms with Gasteiger partial charge in [0.25, 0.3) is 0 Å². The second-order valence-corrected chi connectivity index (χ2v) is 7.61. The smallest absolute Gasteiger partial charge is 0.358 e. The van der Waals surface area contributed by atoms with Gasteiger partial charge in [-0.05, 0) is 36.4 Å². The number of hydrogen-bond donors (Lipinski definition) is 0. The number of methoxy groups -OCH3 is 1. The molecule has 32 heavy (non-hydrogen) atoms. The van der Waals surface area contributed by atoms with Crippen LogP contribution in [0.3, 0.4) is 0 Å². The van der Waals surface area contributed by atoms with Gasteiger partial charge in [0.2, 0.25) is 5.16 Å². The van der Waals surface area contributed by atoms with E-state index in [0.717, 1.165) is 0 Å². The molecule has 4 rings (SSSR count). The summed E-state index contributed by atoms with van der Waals surface area (Å²) >= 11 is 7.30. The Morgan fingerprint density at radius 3 is 3.06 bits per heavy atom. The Hall–Kier alpha value is -3.57. The first-order chi connectivity index (χ1) is 15.6. The minimum Gasteiger partial charge on any atom is -0.486 e. The first-order valence-corrected chi connectivity index (χ1v) is 10.6. The summed E-state index contributed by atoms with van der Waals surface area (Å²) in [6, 6.07) is 12.3. The number of thioether (sulfide) groups is 1. The van der Waals surface area contributed by atoms with Gasteiger partial charge in [-0.15, -0.1) is 10.2 Å². The van der Waals surface area contributed by atoms with Crippen molar-refractivity contribution in [2.45, 2.75) is 17.6 Å². The molecule has 0 aliphatic heterocycles. The lowest BCUT2D eigenvalue weighted by molar-refractivity contribution is 0.0593. The quantitative estimate of drug-likeness (QED) is 0.206. The minimum atomic E-state index is -0.489. The van der Waals surface area contributed by atoms with Gasteiger partial charge in [-0.2, -0.15) is 14.9 Å². The Balaban J connectivity index is 1.33. The molecule has 0 spiro atoms. The van der Waals surface area contributed by atoms with Crippen molar-refractivity contribution < 1.29 is 18.7 Å². The monoisotopic (exact) mass is 472 g/mol. The molecule has 1 aromatic carbocycles. The number of esters is 1. The number of ether oxygens (including phenoxy) is 2. The van der Waals surface area contributed by atoms with Gasteiger partial charge >= 0.3 is 5.97 Å². The first-order valence-electron chi connectivity index (χ1n) is 9.27. The van der Waals surface area contributed by atoms with Gasteiger partial charge < -0.3 is 13.9 Å². The molecule has 0 saturated heterocycles. The van der Waals surface area contributed by atoms with Crippen LogP contribution in [0.15, 0.2) is 69.7 Å². The fourth-order valence-corrected chi connectivity index (χ4v) is 3.44. The van der Waals surface area contributed by atoms with E-state index in [1.54, 1.807) is 41.4 Å². The first kappa shape index (κ1) is 21.7. The van der Waals surface area contributed by atoms with Crippen molar-refractivity contribution in [3.8, 4) is 5.75 Å². The highest BCUT2D eigenvalue weighted by Crippen LogP contribution is 2.19. The lowest BCUT2D eigenvalue weighted by atomic mass is 10.3. The van der Waals surface area contributed by atoms with Crippen LogP contribution in [-0.2, 0) is 17.2 Å². The van der Waals surface area contributed by atoms with Gasteiger partial charge in [0.1, 0.15) is 30.2 Å². The fraction of sp³-hybridized carbons (Fsp3) is 0.150. The van der Waals surface area contributed by atoms with Crippen LogP contribution in [-0.4, -0.2) is 43.9 Å². The Labute approximate surface area is 191 Å². The highest BCUT2D eigenvalue weighted by molar-refractivity contribution is 7.98. The zero-order valence-corrected chi connectivity index (χ0v) is 18.4. The molecule has 0 bridgehead atoms. The molecule has 0 aliphatic rings. The number of aromatic nitrogens is 5. The number of nitrogens with zero attached hydrogens (tertiary/aromatic N) is 6. The molecule has 0 amide bonds. The van der Waals surface area contributed by atoms with Crippen LogP contribution in [0.2, 0.25) is 5.02 Å². The molecule has 0 aliphatic carbocycles. The molecule has 164 valence electrons. The van der Waals surface area contributed by atoms with Gasteiger partial charge in [0, 0.05) is 11.2 Å². The number of carbonyl (C=O) groups is 1. The highest BCUT2D eigenvalue weighted by Gasteiger charge is 2.10. The van der Waals surface area contributed by atoms with Crippen LogP contribution in [0.1, 0.15) is 22.0 Å². The maximum Gasteiger partial charge on any atom is 0.358 e. The Morgan fingerprint density at radius 1 is 1.31 bits per heavy atom. The van der Waals surface area contributed by atoms with Crippen LogP contribution < -0.4 is 4.74 Å². The van der Waals surface area contributed by atoms with Crippen molar-refractivity contribution in [2.24, 2.45) is 5.10 Å². The SMILES string of the molecule is COC(=O)c1ccn(CSc2nncn2N=Cc2ccc(COc3cccc(Cl)c3)o2)n1. The van der Waals surface area contributed by atoms with E-state index in [1.165, 1.54) is 29.9 Å². The molecule has 3 heterocycles. The van der Waals surface area contributed by atoms with Gasteiger partial charge in [0.05, 0.1) is 19.2 Å². The van der Waals surface area contributed by atoms with E-state index in [9.17, 15) is 4.79 Å². The fourth-order valence-electron chi connectivity index (χ4n) is 2.54. The Bertz CT molecular complexity index is 1230. The molecule has 0 radical (unpaired) electrons. The van der Waals surface area contributed by atoms with E-state index < -0.39 is 5.97 Å². The van der Waals surface area contributed by atoms with E-state index in [-0.39, 0.29) is 12.3 Å². The molecule has 0 atom stereocenters. The zero-order chi connectivity index (χ0) is 22.3. The van der Waals surface area contributed by atoms with E-state index in [0.29, 0.717) is 33.3 Å². The highest BCUT2D eigenvalue weighted by atomic mass is 35.5. The molecule has 0 saturated carbocycles. The maximum atomic E-state index is 11.5. The summed E-state index contributed by atoms with van der Waals surface area (Å²) < 4.78 is 19.1. The van der Waals surface area contributed by atoms with Crippen molar-refractivity contribution in [2.75, 3.05) is 7.11 Å². The molecular weight excluding hydrogens is 456 g/mol. The number of furan rings is 1. The van der Waals surface area contributed by atoms with Gasteiger partial charge in [0.15, 0.2) is 5.69 Å². The normalized spacial score (nSPS) is 11.2. The number of carbonyl (C=O) groups excluding carboxylic acids is 1. The minimum absolute atomic E-state index is 0.237. The van der Waals surface area contributed by atoms with Crippen LogP contribution in [0.5, 0.6) is 5.75 Å². The number of benzene rings is 1. The number of halogens is 1.